The lowest BCUT2D eigenvalue weighted by Crippen LogP contribution is -2.31. The Bertz CT molecular complexity index is 667. The van der Waals surface area contributed by atoms with Crippen molar-refractivity contribution in [2.45, 2.75) is 30.2 Å². The van der Waals surface area contributed by atoms with Crippen LogP contribution in [0.3, 0.4) is 0 Å². The van der Waals surface area contributed by atoms with Gasteiger partial charge in [-0.2, -0.15) is 0 Å². The van der Waals surface area contributed by atoms with Gasteiger partial charge in [0.05, 0.1) is 10.5 Å². The molecule has 0 N–H and O–H groups in total. The molecular formula is C14H12BrCl2NO. The molecule has 0 saturated carbocycles. The molecule has 0 fully saturated rings. The van der Waals surface area contributed by atoms with Crippen LogP contribution in [0.1, 0.15) is 18.2 Å². The molecule has 5 heteroatoms. The van der Waals surface area contributed by atoms with E-state index in [0.717, 1.165) is 34.3 Å². The van der Waals surface area contributed by atoms with Crippen LogP contribution >= 0.6 is 39.1 Å². The number of para-hydroxylation sites is 1. The molecule has 0 bridgehead atoms. The van der Waals surface area contributed by atoms with Gasteiger partial charge in [-0.05, 0) is 26.0 Å². The lowest BCUT2D eigenvalue weighted by Gasteiger charge is -2.21. The summed E-state index contributed by atoms with van der Waals surface area (Å²) in [6, 6.07) is 5.73. The number of aromatic nitrogens is 1. The first-order chi connectivity index (χ1) is 8.88. The number of hydrogen-bond acceptors (Lipinski definition) is 2. The van der Waals surface area contributed by atoms with E-state index >= 15 is 0 Å². The number of pyridine rings is 1. The molecule has 2 aromatic rings. The van der Waals surface area contributed by atoms with Crippen molar-refractivity contribution in [1.82, 2.24) is 4.98 Å². The largest absolute Gasteiger partial charge is 0.486 e. The minimum atomic E-state index is -0.594. The van der Waals surface area contributed by atoms with Gasteiger partial charge in [0.25, 0.3) is 0 Å². The normalized spacial score (nSPS) is 21.0. The average Bonchev–Trinajstić information content (AvgIpc) is 2.76. The zero-order chi connectivity index (χ0) is 13.8. The minimum Gasteiger partial charge on any atom is -0.486 e. The van der Waals surface area contributed by atoms with Gasteiger partial charge in [-0.15, -0.1) is 11.6 Å². The summed E-state index contributed by atoms with van der Waals surface area (Å²) < 4.78 is 5.45. The zero-order valence-corrected chi connectivity index (χ0v) is 13.6. The molecule has 0 radical (unpaired) electrons. The van der Waals surface area contributed by atoms with Crippen LogP contribution in [0.5, 0.6) is 5.75 Å². The molecule has 0 amide bonds. The van der Waals surface area contributed by atoms with Crippen LogP contribution in [0.25, 0.3) is 10.9 Å². The zero-order valence-electron chi connectivity index (χ0n) is 10.5. The fourth-order valence-electron chi connectivity index (χ4n) is 2.40. The Labute approximate surface area is 130 Å². The Morgan fingerprint density at radius 3 is 2.89 bits per heavy atom. The summed E-state index contributed by atoms with van der Waals surface area (Å²) in [7, 11) is 0. The smallest absolute Gasteiger partial charge is 0.134 e. The van der Waals surface area contributed by atoms with Crippen molar-refractivity contribution in [3.63, 3.8) is 0 Å². The summed E-state index contributed by atoms with van der Waals surface area (Å²) in [4.78, 5) is 4.59. The van der Waals surface area contributed by atoms with Gasteiger partial charge < -0.3 is 4.74 Å². The molecule has 0 unspecified atom stereocenters. The van der Waals surface area contributed by atoms with Crippen molar-refractivity contribution in [2.24, 2.45) is 0 Å². The molecule has 2 nitrogen and oxygen atoms in total. The topological polar surface area (TPSA) is 22.1 Å². The first-order valence-electron chi connectivity index (χ1n) is 6.00. The van der Waals surface area contributed by atoms with E-state index < -0.39 is 3.78 Å². The molecule has 1 aromatic heterocycles. The van der Waals surface area contributed by atoms with Gasteiger partial charge >= 0.3 is 0 Å². The highest BCUT2D eigenvalue weighted by Crippen LogP contribution is 2.44. The first-order valence-corrected chi connectivity index (χ1v) is 7.55. The van der Waals surface area contributed by atoms with E-state index in [1.165, 1.54) is 0 Å². The van der Waals surface area contributed by atoms with Crippen LogP contribution in [0.4, 0.5) is 0 Å². The maximum atomic E-state index is 6.31. The van der Waals surface area contributed by atoms with Crippen LogP contribution in [0.2, 0.25) is 5.02 Å². The summed E-state index contributed by atoms with van der Waals surface area (Å²) in [5.74, 6) is 0.862. The van der Waals surface area contributed by atoms with Crippen molar-refractivity contribution in [1.29, 1.82) is 0 Å². The van der Waals surface area contributed by atoms with Gasteiger partial charge in [-0.3, -0.25) is 4.98 Å². The van der Waals surface area contributed by atoms with Crippen molar-refractivity contribution in [3.8, 4) is 5.75 Å². The highest BCUT2D eigenvalue weighted by Gasteiger charge is 2.38. The van der Waals surface area contributed by atoms with Crippen molar-refractivity contribution in [3.05, 3.63) is 34.5 Å². The number of alkyl halides is 2. The molecule has 1 aliphatic heterocycles. The van der Waals surface area contributed by atoms with E-state index in [4.69, 9.17) is 27.9 Å². The van der Waals surface area contributed by atoms with Gasteiger partial charge in [-0.1, -0.05) is 33.6 Å². The van der Waals surface area contributed by atoms with Gasteiger partial charge in [0.2, 0.25) is 0 Å². The molecule has 1 aliphatic rings. The van der Waals surface area contributed by atoms with E-state index in [1.54, 1.807) is 0 Å². The van der Waals surface area contributed by atoms with Crippen molar-refractivity contribution >= 4 is 50.0 Å². The fourth-order valence-corrected chi connectivity index (χ4v) is 3.00. The fraction of sp³-hybridized carbons (Fsp3) is 0.357. The number of fused-ring (bicyclic) bond motifs is 3. The number of halogens is 3. The molecular weight excluding hydrogens is 349 g/mol. The van der Waals surface area contributed by atoms with Gasteiger partial charge in [0.15, 0.2) is 0 Å². The van der Waals surface area contributed by atoms with E-state index in [1.807, 2.05) is 32.0 Å². The Kier molecular flexibility index (Phi) is 3.19. The molecule has 100 valence electrons. The Morgan fingerprint density at radius 2 is 2.21 bits per heavy atom. The summed E-state index contributed by atoms with van der Waals surface area (Å²) >= 11 is 16.0. The lowest BCUT2D eigenvalue weighted by molar-refractivity contribution is 0.225. The molecule has 0 saturated heterocycles. The van der Waals surface area contributed by atoms with Crippen LogP contribution in [-0.2, 0) is 6.42 Å². The number of benzene rings is 1. The van der Waals surface area contributed by atoms with Gasteiger partial charge in [0, 0.05) is 23.1 Å². The number of hydrogen-bond donors (Lipinski definition) is 0. The molecule has 2 heterocycles. The number of nitrogens with zero attached hydrogens (tertiary/aromatic N) is 1. The minimum absolute atomic E-state index is 0.116. The van der Waals surface area contributed by atoms with Crippen molar-refractivity contribution < 1.29 is 4.74 Å². The monoisotopic (exact) mass is 359 g/mol. The molecule has 0 aliphatic carbocycles. The molecule has 1 aromatic carbocycles. The number of rotatable bonds is 1. The van der Waals surface area contributed by atoms with E-state index in [9.17, 15) is 0 Å². The number of ether oxygens (including phenoxy) is 1. The van der Waals surface area contributed by atoms with Crippen LogP contribution in [0, 0.1) is 6.92 Å². The second-order valence-corrected chi connectivity index (χ2v) is 8.20. The average molecular weight is 361 g/mol. The van der Waals surface area contributed by atoms with E-state index in [0.29, 0.717) is 5.02 Å². The summed E-state index contributed by atoms with van der Waals surface area (Å²) in [6.07, 6.45) is 0.635. The van der Waals surface area contributed by atoms with Gasteiger partial charge in [0.1, 0.15) is 15.6 Å². The third kappa shape index (κ3) is 2.22. The maximum absolute atomic E-state index is 6.31. The third-order valence-electron chi connectivity index (χ3n) is 3.44. The standard InChI is InChI=1S/C14H12BrCl2NO/c1-7-9-6-11(14(2,15)17)19-13(9)8-4-3-5-10(16)12(8)18-7/h3-5,11H,6H2,1-2H3/t11-,14-/m0/s1. The highest BCUT2D eigenvalue weighted by atomic mass is 79.9. The van der Waals surface area contributed by atoms with Gasteiger partial charge in [-0.25, -0.2) is 0 Å². The Hall–Kier alpha value is -0.510. The quantitative estimate of drug-likeness (QED) is 0.678. The molecule has 19 heavy (non-hydrogen) atoms. The Morgan fingerprint density at radius 1 is 1.47 bits per heavy atom. The van der Waals surface area contributed by atoms with Crippen LogP contribution < -0.4 is 4.74 Å². The lowest BCUT2D eigenvalue weighted by atomic mass is 10.0. The first kappa shape index (κ1) is 13.5. The van der Waals surface area contributed by atoms with Crippen LogP contribution in [0.15, 0.2) is 18.2 Å². The second kappa shape index (κ2) is 4.51. The Balaban J connectivity index is 2.22. The van der Waals surface area contributed by atoms with E-state index in [2.05, 4.69) is 20.9 Å². The SMILES string of the molecule is Cc1nc2c(Cl)cccc2c2c1C[C@@H]([C@](C)(Cl)Br)O2. The summed E-state index contributed by atoms with van der Waals surface area (Å²) in [5, 5.41) is 1.59. The second-order valence-electron chi connectivity index (χ2n) is 4.91. The number of aryl methyl sites for hydroxylation is 1. The maximum Gasteiger partial charge on any atom is 0.134 e. The third-order valence-corrected chi connectivity index (χ3v) is 4.50. The molecule has 3 rings (SSSR count). The molecule has 2 atom stereocenters. The summed E-state index contributed by atoms with van der Waals surface area (Å²) in [5.41, 5.74) is 2.85. The van der Waals surface area contributed by atoms with Crippen LogP contribution in [-0.4, -0.2) is 14.9 Å². The molecule has 0 spiro atoms. The van der Waals surface area contributed by atoms with E-state index in [-0.39, 0.29) is 6.10 Å². The summed E-state index contributed by atoms with van der Waals surface area (Å²) in [6.45, 7) is 3.87. The predicted molar refractivity (Wildman–Crippen MR) is 82.8 cm³/mol. The van der Waals surface area contributed by atoms with Crippen molar-refractivity contribution in [2.75, 3.05) is 0 Å². The highest BCUT2D eigenvalue weighted by molar-refractivity contribution is 9.10. The predicted octanol–water partition coefficient (Wildman–Crippen LogP) is 4.85.